The molecule has 0 saturated carbocycles. The number of nitrogens with two attached hydrogens (primary N) is 1. The van der Waals surface area contributed by atoms with Crippen LogP contribution in [0.2, 0.25) is 0 Å². The molecule has 3 atom stereocenters. The fourth-order valence-electron chi connectivity index (χ4n) is 3.01. The molecule has 3 rings (SSSR count). The first kappa shape index (κ1) is 12.6. The molecule has 19 heavy (non-hydrogen) atoms. The molecular formula is C15H20N2O2. The highest BCUT2D eigenvalue weighted by Gasteiger charge is 2.30. The summed E-state index contributed by atoms with van der Waals surface area (Å²) in [5.74, 6) is 0.145. The summed E-state index contributed by atoms with van der Waals surface area (Å²) in [6.07, 6.45) is 2.97. The van der Waals surface area contributed by atoms with Crippen molar-refractivity contribution < 1.29 is 9.53 Å². The van der Waals surface area contributed by atoms with Crippen LogP contribution in [0.3, 0.4) is 0 Å². The second-order valence-electron chi connectivity index (χ2n) is 5.61. The van der Waals surface area contributed by atoms with Crippen molar-refractivity contribution in [2.24, 2.45) is 5.73 Å². The Morgan fingerprint density at radius 1 is 1.42 bits per heavy atom. The predicted octanol–water partition coefficient (Wildman–Crippen LogP) is 1.77. The molecule has 1 aromatic rings. The molecule has 2 N–H and O–H groups in total. The number of rotatable bonds is 2. The molecule has 4 heteroatoms. The first-order valence-corrected chi connectivity index (χ1v) is 6.86. The smallest absolute Gasteiger partial charge is 0.231 e. The van der Waals surface area contributed by atoms with Crippen molar-refractivity contribution in [3.05, 3.63) is 29.3 Å². The molecule has 2 heterocycles. The maximum Gasteiger partial charge on any atom is 0.231 e. The number of amides is 1. The van der Waals surface area contributed by atoms with Crippen molar-refractivity contribution in [3.63, 3.8) is 0 Å². The number of carbonyl (C=O) groups excluding carboxylic acids is 1. The van der Waals surface area contributed by atoms with Crippen LogP contribution < -0.4 is 10.6 Å². The first-order chi connectivity index (χ1) is 9.06. The van der Waals surface area contributed by atoms with E-state index in [9.17, 15) is 4.79 Å². The van der Waals surface area contributed by atoms with E-state index < -0.39 is 0 Å². The van der Waals surface area contributed by atoms with E-state index in [-0.39, 0.29) is 18.1 Å². The van der Waals surface area contributed by atoms with Gasteiger partial charge in [-0.25, -0.2) is 0 Å². The number of likely N-dealkylation sites (N-methyl/N-ethyl adjacent to an activating group) is 1. The lowest BCUT2D eigenvalue weighted by atomic mass is 9.97. The van der Waals surface area contributed by atoms with Crippen LogP contribution in [-0.4, -0.2) is 25.2 Å². The van der Waals surface area contributed by atoms with Gasteiger partial charge in [-0.1, -0.05) is 12.1 Å². The zero-order valence-electron chi connectivity index (χ0n) is 11.4. The van der Waals surface area contributed by atoms with Crippen LogP contribution in [-0.2, 0) is 16.0 Å². The van der Waals surface area contributed by atoms with E-state index in [1.165, 1.54) is 0 Å². The Morgan fingerprint density at radius 2 is 2.21 bits per heavy atom. The molecule has 0 aliphatic carbocycles. The van der Waals surface area contributed by atoms with Gasteiger partial charge in [-0.3, -0.25) is 4.79 Å². The number of benzene rings is 1. The van der Waals surface area contributed by atoms with Crippen LogP contribution in [0.15, 0.2) is 18.2 Å². The number of hydrogen-bond donors (Lipinski definition) is 1. The van der Waals surface area contributed by atoms with Crippen molar-refractivity contribution in [2.75, 3.05) is 11.9 Å². The fourth-order valence-corrected chi connectivity index (χ4v) is 3.01. The normalized spacial score (nSPS) is 27.7. The van der Waals surface area contributed by atoms with Crippen molar-refractivity contribution in [1.82, 2.24) is 0 Å². The van der Waals surface area contributed by atoms with E-state index in [1.54, 1.807) is 4.90 Å². The second-order valence-corrected chi connectivity index (χ2v) is 5.61. The van der Waals surface area contributed by atoms with E-state index >= 15 is 0 Å². The van der Waals surface area contributed by atoms with E-state index in [0.717, 1.165) is 29.7 Å². The summed E-state index contributed by atoms with van der Waals surface area (Å²) in [5.41, 5.74) is 9.45. The Labute approximate surface area is 113 Å². The van der Waals surface area contributed by atoms with Crippen molar-refractivity contribution in [3.8, 4) is 0 Å². The number of carbonyl (C=O) groups is 1. The second kappa shape index (κ2) is 4.62. The maximum atomic E-state index is 11.7. The van der Waals surface area contributed by atoms with Gasteiger partial charge in [0.05, 0.1) is 24.7 Å². The van der Waals surface area contributed by atoms with Gasteiger partial charge in [-0.2, -0.15) is 0 Å². The molecule has 1 amide bonds. The summed E-state index contributed by atoms with van der Waals surface area (Å²) >= 11 is 0. The minimum Gasteiger partial charge on any atom is -0.373 e. The van der Waals surface area contributed by atoms with E-state index in [1.807, 2.05) is 19.2 Å². The third kappa shape index (κ3) is 2.15. The van der Waals surface area contributed by atoms with Crippen molar-refractivity contribution >= 4 is 11.6 Å². The van der Waals surface area contributed by atoms with Crippen LogP contribution in [0.1, 0.15) is 36.9 Å². The Kier molecular flexibility index (Phi) is 3.07. The van der Waals surface area contributed by atoms with Gasteiger partial charge in [-0.05, 0) is 37.0 Å². The molecule has 1 aromatic carbocycles. The zero-order valence-corrected chi connectivity index (χ0v) is 11.4. The molecule has 2 aliphatic heterocycles. The summed E-state index contributed by atoms with van der Waals surface area (Å²) in [4.78, 5) is 13.4. The average molecular weight is 260 g/mol. The molecular weight excluding hydrogens is 240 g/mol. The summed E-state index contributed by atoms with van der Waals surface area (Å²) in [6.45, 7) is 2.09. The topological polar surface area (TPSA) is 55.6 Å². The molecule has 2 aliphatic rings. The maximum absolute atomic E-state index is 11.7. The van der Waals surface area contributed by atoms with Gasteiger partial charge in [0.25, 0.3) is 0 Å². The highest BCUT2D eigenvalue weighted by Crippen LogP contribution is 2.33. The third-order valence-corrected chi connectivity index (χ3v) is 4.23. The van der Waals surface area contributed by atoms with Gasteiger partial charge in [-0.15, -0.1) is 0 Å². The standard InChI is InChI=1S/C15H20N2O2/c1-9-3-6-13(19-9)15(16)10-4-5-12-11(7-10)8-14(18)17(12)2/h4-5,7,9,13,15H,3,6,8,16H2,1-2H3. The molecule has 0 radical (unpaired) electrons. The van der Waals surface area contributed by atoms with E-state index in [4.69, 9.17) is 10.5 Å². The minimum atomic E-state index is -0.101. The van der Waals surface area contributed by atoms with Crippen molar-refractivity contribution in [1.29, 1.82) is 0 Å². The lowest BCUT2D eigenvalue weighted by molar-refractivity contribution is -0.117. The lowest BCUT2D eigenvalue weighted by Gasteiger charge is -2.20. The van der Waals surface area contributed by atoms with Gasteiger partial charge in [0, 0.05) is 12.7 Å². The van der Waals surface area contributed by atoms with Crippen LogP contribution in [0.25, 0.3) is 0 Å². The SMILES string of the molecule is CC1CCC(C(N)c2ccc3c(c2)CC(=O)N3C)O1. The van der Waals surface area contributed by atoms with Gasteiger partial charge in [0.2, 0.25) is 5.91 Å². The Hall–Kier alpha value is -1.39. The quantitative estimate of drug-likeness (QED) is 0.881. The molecule has 0 spiro atoms. The zero-order chi connectivity index (χ0) is 13.6. The molecule has 1 fully saturated rings. The van der Waals surface area contributed by atoms with Crippen LogP contribution >= 0.6 is 0 Å². The fraction of sp³-hybridized carbons (Fsp3) is 0.533. The Morgan fingerprint density at radius 3 is 2.89 bits per heavy atom. The summed E-state index contributed by atoms with van der Waals surface area (Å²) in [7, 11) is 1.82. The van der Waals surface area contributed by atoms with Gasteiger partial charge < -0.3 is 15.4 Å². The van der Waals surface area contributed by atoms with E-state index in [0.29, 0.717) is 12.5 Å². The molecule has 1 saturated heterocycles. The monoisotopic (exact) mass is 260 g/mol. The molecule has 3 unspecified atom stereocenters. The Balaban J connectivity index is 1.83. The first-order valence-electron chi connectivity index (χ1n) is 6.86. The van der Waals surface area contributed by atoms with Crippen LogP contribution in [0, 0.1) is 0 Å². The number of hydrogen-bond acceptors (Lipinski definition) is 3. The summed E-state index contributed by atoms with van der Waals surface area (Å²) in [6, 6.07) is 5.98. The van der Waals surface area contributed by atoms with Gasteiger partial charge >= 0.3 is 0 Å². The van der Waals surface area contributed by atoms with Crippen molar-refractivity contribution in [2.45, 2.75) is 44.4 Å². The molecule has 102 valence electrons. The molecule has 0 aromatic heterocycles. The number of nitrogens with zero attached hydrogens (tertiary/aromatic N) is 1. The molecule has 0 bridgehead atoms. The lowest BCUT2D eigenvalue weighted by Crippen LogP contribution is -2.26. The number of fused-ring (bicyclic) bond motifs is 1. The highest BCUT2D eigenvalue weighted by atomic mass is 16.5. The van der Waals surface area contributed by atoms with E-state index in [2.05, 4.69) is 13.0 Å². The third-order valence-electron chi connectivity index (χ3n) is 4.23. The van der Waals surface area contributed by atoms with Crippen LogP contribution in [0.5, 0.6) is 0 Å². The number of ether oxygens (including phenoxy) is 1. The predicted molar refractivity (Wildman–Crippen MR) is 74.1 cm³/mol. The summed E-state index contributed by atoms with van der Waals surface area (Å²) in [5, 5.41) is 0. The number of anilines is 1. The largest absolute Gasteiger partial charge is 0.373 e. The summed E-state index contributed by atoms with van der Waals surface area (Å²) < 4.78 is 5.84. The highest BCUT2D eigenvalue weighted by molar-refractivity contribution is 6.00. The van der Waals surface area contributed by atoms with Crippen LogP contribution in [0.4, 0.5) is 5.69 Å². The van der Waals surface area contributed by atoms with Gasteiger partial charge in [0.15, 0.2) is 0 Å². The minimum absolute atomic E-state index is 0.0999. The average Bonchev–Trinajstić information content (AvgIpc) is 2.94. The Bertz CT molecular complexity index is 515. The van der Waals surface area contributed by atoms with Gasteiger partial charge in [0.1, 0.15) is 0 Å². The molecule has 4 nitrogen and oxygen atoms in total.